The van der Waals surface area contributed by atoms with Crippen LogP contribution >= 0.6 is 0 Å². The molecule has 0 amide bonds. The number of hydrogen-bond acceptors (Lipinski definition) is 1. The third-order valence-corrected chi connectivity index (χ3v) is 2.39. The van der Waals surface area contributed by atoms with Gasteiger partial charge in [-0.15, -0.1) is 0 Å². The summed E-state index contributed by atoms with van der Waals surface area (Å²) in [5.74, 6) is 1.08. The number of imidazole rings is 1. The van der Waals surface area contributed by atoms with Crippen LogP contribution in [0.1, 0.15) is 25.6 Å². The van der Waals surface area contributed by atoms with Gasteiger partial charge in [0.25, 0.3) is 0 Å². The van der Waals surface area contributed by atoms with Crippen molar-refractivity contribution in [2.24, 2.45) is 0 Å². The summed E-state index contributed by atoms with van der Waals surface area (Å²) < 4.78 is 0. The number of aryl methyl sites for hydroxylation is 1. The van der Waals surface area contributed by atoms with Gasteiger partial charge in [-0.25, -0.2) is 4.98 Å². The van der Waals surface area contributed by atoms with Gasteiger partial charge in [0.05, 0.1) is 11.0 Å². The first-order valence-electron chi connectivity index (χ1n) is 5.49. The fourth-order valence-corrected chi connectivity index (χ4v) is 1.63. The zero-order valence-electron chi connectivity index (χ0n) is 9.03. The normalized spacial score (nSPS) is 11.5. The van der Waals surface area contributed by atoms with Crippen LogP contribution in [0, 0.1) is 0 Å². The zero-order valence-corrected chi connectivity index (χ0v) is 9.03. The molecule has 1 N–H and O–H groups in total. The van der Waals surface area contributed by atoms with Crippen molar-refractivity contribution in [2.45, 2.75) is 26.2 Å². The molecule has 1 heterocycles. The lowest BCUT2D eigenvalue weighted by Crippen LogP contribution is -1.85. The molecular weight excluding hydrogens is 184 g/mol. The fourth-order valence-electron chi connectivity index (χ4n) is 1.63. The van der Waals surface area contributed by atoms with Gasteiger partial charge in [0.15, 0.2) is 0 Å². The average Bonchev–Trinajstić information content (AvgIpc) is 2.67. The predicted molar refractivity (Wildman–Crippen MR) is 63.8 cm³/mol. The Bertz CT molecular complexity index is 421. The minimum absolute atomic E-state index is 0.991. The van der Waals surface area contributed by atoms with Crippen LogP contribution in [0.4, 0.5) is 0 Å². The van der Waals surface area contributed by atoms with E-state index >= 15 is 0 Å². The van der Waals surface area contributed by atoms with Crippen molar-refractivity contribution in [1.82, 2.24) is 9.97 Å². The molecule has 0 aliphatic rings. The first-order chi connectivity index (χ1) is 7.40. The standard InChI is InChI=1S/C13H16N2/c1-2-3-4-5-10-13-14-11-8-6-7-9-12(11)15-13/h3-4,6-9H,2,5,10H2,1H3,(H,14,15). The highest BCUT2D eigenvalue weighted by atomic mass is 14.9. The highest BCUT2D eigenvalue weighted by Gasteiger charge is 1.99. The van der Waals surface area contributed by atoms with E-state index in [0.29, 0.717) is 0 Å². The molecule has 78 valence electrons. The SMILES string of the molecule is CCC=CCCc1nc2ccccc2[nH]1. The molecule has 15 heavy (non-hydrogen) atoms. The summed E-state index contributed by atoms with van der Waals surface area (Å²) in [6.07, 6.45) is 7.58. The number of nitrogens with zero attached hydrogens (tertiary/aromatic N) is 1. The molecule has 2 nitrogen and oxygen atoms in total. The Hall–Kier alpha value is -1.57. The number of H-pyrrole nitrogens is 1. The highest BCUT2D eigenvalue weighted by molar-refractivity contribution is 5.74. The molecule has 0 saturated heterocycles. The van der Waals surface area contributed by atoms with Crippen LogP contribution in [0.5, 0.6) is 0 Å². The molecule has 0 aliphatic carbocycles. The predicted octanol–water partition coefficient (Wildman–Crippen LogP) is 3.46. The van der Waals surface area contributed by atoms with E-state index in [0.717, 1.165) is 36.1 Å². The number of aromatic amines is 1. The Morgan fingerprint density at radius 3 is 2.93 bits per heavy atom. The van der Waals surface area contributed by atoms with Crippen molar-refractivity contribution in [1.29, 1.82) is 0 Å². The average molecular weight is 200 g/mol. The Kier molecular flexibility index (Phi) is 3.18. The molecule has 0 radical (unpaired) electrons. The molecule has 1 aromatic heterocycles. The minimum Gasteiger partial charge on any atom is -0.342 e. The Labute approximate surface area is 90.0 Å². The zero-order chi connectivity index (χ0) is 10.5. The summed E-state index contributed by atoms with van der Waals surface area (Å²) in [6, 6.07) is 8.15. The van der Waals surface area contributed by atoms with E-state index in [-0.39, 0.29) is 0 Å². The summed E-state index contributed by atoms with van der Waals surface area (Å²) in [6.45, 7) is 2.15. The van der Waals surface area contributed by atoms with Crippen molar-refractivity contribution >= 4 is 11.0 Å². The van der Waals surface area contributed by atoms with Gasteiger partial charge in [-0.2, -0.15) is 0 Å². The molecule has 0 unspecified atom stereocenters. The van der Waals surface area contributed by atoms with Crippen LogP contribution in [-0.2, 0) is 6.42 Å². The number of hydrogen-bond donors (Lipinski definition) is 1. The number of para-hydroxylation sites is 2. The fraction of sp³-hybridized carbons (Fsp3) is 0.308. The topological polar surface area (TPSA) is 28.7 Å². The molecule has 2 aromatic rings. The number of fused-ring (bicyclic) bond motifs is 1. The number of aromatic nitrogens is 2. The summed E-state index contributed by atoms with van der Waals surface area (Å²) in [5, 5.41) is 0. The van der Waals surface area contributed by atoms with E-state index < -0.39 is 0 Å². The summed E-state index contributed by atoms with van der Waals surface area (Å²) in [5.41, 5.74) is 2.19. The van der Waals surface area contributed by atoms with Gasteiger partial charge in [-0.1, -0.05) is 31.2 Å². The lowest BCUT2D eigenvalue weighted by atomic mass is 10.2. The second kappa shape index (κ2) is 4.78. The highest BCUT2D eigenvalue weighted by Crippen LogP contribution is 2.11. The monoisotopic (exact) mass is 200 g/mol. The van der Waals surface area contributed by atoms with Gasteiger partial charge < -0.3 is 4.98 Å². The van der Waals surface area contributed by atoms with Crippen LogP contribution in [0.3, 0.4) is 0 Å². The van der Waals surface area contributed by atoms with Crippen LogP contribution < -0.4 is 0 Å². The second-order valence-electron chi connectivity index (χ2n) is 3.62. The van der Waals surface area contributed by atoms with E-state index in [4.69, 9.17) is 0 Å². The van der Waals surface area contributed by atoms with E-state index in [1.54, 1.807) is 0 Å². The van der Waals surface area contributed by atoms with Gasteiger partial charge in [0, 0.05) is 6.42 Å². The van der Waals surface area contributed by atoms with Crippen molar-refractivity contribution in [2.75, 3.05) is 0 Å². The Morgan fingerprint density at radius 2 is 2.13 bits per heavy atom. The van der Waals surface area contributed by atoms with Gasteiger partial charge >= 0.3 is 0 Å². The lowest BCUT2D eigenvalue weighted by Gasteiger charge is -1.89. The van der Waals surface area contributed by atoms with Gasteiger partial charge in [0.2, 0.25) is 0 Å². The summed E-state index contributed by atoms with van der Waals surface area (Å²) in [4.78, 5) is 7.85. The van der Waals surface area contributed by atoms with Gasteiger partial charge in [-0.05, 0) is 25.0 Å². The molecule has 0 fully saturated rings. The van der Waals surface area contributed by atoms with E-state index in [2.05, 4.69) is 35.1 Å². The number of rotatable bonds is 4. The quantitative estimate of drug-likeness (QED) is 0.752. The van der Waals surface area contributed by atoms with Gasteiger partial charge in [0.1, 0.15) is 5.82 Å². The van der Waals surface area contributed by atoms with Gasteiger partial charge in [-0.3, -0.25) is 0 Å². The maximum atomic E-state index is 4.52. The van der Waals surface area contributed by atoms with Crippen LogP contribution in [0.15, 0.2) is 36.4 Å². The van der Waals surface area contributed by atoms with Crippen LogP contribution in [0.2, 0.25) is 0 Å². The minimum atomic E-state index is 0.991. The summed E-state index contributed by atoms with van der Waals surface area (Å²) in [7, 11) is 0. The van der Waals surface area contributed by atoms with E-state index in [9.17, 15) is 0 Å². The second-order valence-corrected chi connectivity index (χ2v) is 3.62. The first kappa shape index (κ1) is 9.97. The molecular formula is C13H16N2. The molecule has 0 spiro atoms. The van der Waals surface area contributed by atoms with E-state index in [1.165, 1.54) is 0 Å². The van der Waals surface area contributed by atoms with Crippen molar-refractivity contribution in [3.63, 3.8) is 0 Å². The smallest absolute Gasteiger partial charge is 0.107 e. The molecule has 0 atom stereocenters. The number of nitrogens with one attached hydrogen (secondary N) is 1. The molecule has 2 rings (SSSR count). The summed E-state index contributed by atoms with van der Waals surface area (Å²) >= 11 is 0. The first-order valence-corrected chi connectivity index (χ1v) is 5.49. The Morgan fingerprint density at radius 1 is 1.27 bits per heavy atom. The van der Waals surface area contributed by atoms with Crippen LogP contribution in [0.25, 0.3) is 11.0 Å². The molecule has 1 aromatic carbocycles. The molecule has 0 bridgehead atoms. The number of allylic oxidation sites excluding steroid dienone is 2. The number of benzene rings is 1. The molecule has 0 aliphatic heterocycles. The largest absolute Gasteiger partial charge is 0.342 e. The third-order valence-electron chi connectivity index (χ3n) is 2.39. The van der Waals surface area contributed by atoms with Crippen molar-refractivity contribution in [3.05, 3.63) is 42.2 Å². The molecule has 0 saturated carbocycles. The third kappa shape index (κ3) is 2.46. The Balaban J connectivity index is 2.05. The maximum Gasteiger partial charge on any atom is 0.107 e. The van der Waals surface area contributed by atoms with Crippen molar-refractivity contribution < 1.29 is 0 Å². The molecule has 2 heteroatoms. The lowest BCUT2D eigenvalue weighted by molar-refractivity contribution is 0.912. The van der Waals surface area contributed by atoms with Crippen molar-refractivity contribution in [3.8, 4) is 0 Å². The maximum absolute atomic E-state index is 4.52. The van der Waals surface area contributed by atoms with Crippen LogP contribution in [-0.4, -0.2) is 9.97 Å². The van der Waals surface area contributed by atoms with E-state index in [1.807, 2.05) is 18.2 Å².